The fourth-order valence-corrected chi connectivity index (χ4v) is 3.22. The van der Waals surface area contributed by atoms with E-state index in [9.17, 15) is 9.59 Å². The van der Waals surface area contributed by atoms with E-state index in [0.717, 1.165) is 17.6 Å². The summed E-state index contributed by atoms with van der Waals surface area (Å²) in [7, 11) is 6.31. The number of nitrogens with zero attached hydrogens (tertiary/aromatic N) is 2. The van der Waals surface area contributed by atoms with Crippen LogP contribution in [0.2, 0.25) is 12.6 Å². The zero-order valence-corrected chi connectivity index (χ0v) is 15.8. The number of carbonyl (C=O) groups excluding carboxylic acids is 1. The summed E-state index contributed by atoms with van der Waals surface area (Å²) in [6.07, 6.45) is 0.873. The van der Waals surface area contributed by atoms with Crippen LogP contribution in [0.15, 0.2) is 0 Å². The average Bonchev–Trinajstić information content (AvgIpc) is 2.36. The minimum Gasteiger partial charge on any atom is -0.463 e. The summed E-state index contributed by atoms with van der Waals surface area (Å²) >= 11 is 1.45. The average molecular weight is 338 g/mol. The molecule has 0 aliphatic carbocycles. The Morgan fingerprint density at radius 2 is 1.95 bits per heavy atom. The molecule has 1 atom stereocenters. The molecule has 0 heterocycles. The van der Waals surface area contributed by atoms with Crippen LogP contribution in [0, 0.1) is 0 Å². The zero-order chi connectivity index (χ0) is 16.3. The quantitative estimate of drug-likeness (QED) is 0.162. The van der Waals surface area contributed by atoms with Gasteiger partial charge in [-0.3, -0.25) is 14.3 Å². The smallest absolute Gasteiger partial charge is 0.316 e. The van der Waals surface area contributed by atoms with Crippen molar-refractivity contribution in [1.82, 2.24) is 4.90 Å². The molecule has 0 aliphatic heterocycles. The van der Waals surface area contributed by atoms with E-state index in [1.807, 2.05) is 44.2 Å². The van der Waals surface area contributed by atoms with Crippen molar-refractivity contribution in [1.29, 1.82) is 0 Å². The topological polar surface area (TPSA) is 62.0 Å². The lowest BCUT2D eigenvalue weighted by atomic mass is 10.5. The van der Waals surface area contributed by atoms with Gasteiger partial charge in [-0.2, -0.15) is 0 Å². The number of rotatable bonds is 9. The van der Waals surface area contributed by atoms with Gasteiger partial charge in [0.05, 0.1) is 34.8 Å². The molecular formula is C13H29N2O4SSi+. The van der Waals surface area contributed by atoms with Gasteiger partial charge in [0.2, 0.25) is 0 Å². The number of thioether (sulfide) groups is 1. The highest BCUT2D eigenvalue weighted by Gasteiger charge is 2.15. The Bertz CT molecular complexity index is 334. The summed E-state index contributed by atoms with van der Waals surface area (Å²) in [5.41, 5.74) is 0. The van der Waals surface area contributed by atoms with E-state index in [4.69, 9.17) is 9.47 Å². The lowest BCUT2D eigenvalue weighted by Crippen LogP contribution is -2.28. The fraction of sp³-hybridized carbons (Fsp3) is 0.846. The Hall–Kier alpha value is -0.573. The van der Waals surface area contributed by atoms with Gasteiger partial charge in [0, 0.05) is 6.61 Å². The van der Waals surface area contributed by atoms with Crippen molar-refractivity contribution in [3.63, 3.8) is 0 Å². The Morgan fingerprint density at radius 1 is 1.29 bits per heavy atom. The van der Waals surface area contributed by atoms with Crippen LogP contribution in [0.5, 0.6) is 0 Å². The third-order valence-electron chi connectivity index (χ3n) is 2.49. The molecule has 1 N–H and O–H groups in total. The molecule has 0 bridgehead atoms. The third-order valence-corrected chi connectivity index (χ3v) is 5.10. The molecule has 21 heavy (non-hydrogen) atoms. The summed E-state index contributed by atoms with van der Waals surface area (Å²) in [4.78, 5) is 22.8. The van der Waals surface area contributed by atoms with E-state index in [-0.39, 0.29) is 12.6 Å². The molecule has 0 aromatic rings. The van der Waals surface area contributed by atoms with Crippen molar-refractivity contribution in [3.05, 3.63) is 0 Å². The van der Waals surface area contributed by atoms with Crippen LogP contribution in [0.3, 0.4) is 0 Å². The SMILES string of the molecule is CN(C)C(SCC(=O)OCCOCCC[SiH](C)O)=[N+](C)C. The van der Waals surface area contributed by atoms with Crippen LogP contribution < -0.4 is 0 Å². The summed E-state index contributed by atoms with van der Waals surface area (Å²) in [6.45, 7) is 3.20. The van der Waals surface area contributed by atoms with Crippen LogP contribution in [-0.2, 0) is 14.3 Å². The van der Waals surface area contributed by atoms with Gasteiger partial charge < -0.3 is 14.3 Å². The van der Waals surface area contributed by atoms with Crippen LogP contribution in [0.25, 0.3) is 0 Å². The van der Waals surface area contributed by atoms with Crippen LogP contribution in [0.4, 0.5) is 0 Å². The molecule has 8 heteroatoms. The fourth-order valence-electron chi connectivity index (χ4n) is 1.62. The highest BCUT2D eigenvalue weighted by Crippen LogP contribution is 2.06. The van der Waals surface area contributed by atoms with Crippen LogP contribution >= 0.6 is 11.8 Å². The van der Waals surface area contributed by atoms with Crippen LogP contribution in [0.1, 0.15) is 6.42 Å². The predicted molar refractivity (Wildman–Crippen MR) is 89.7 cm³/mol. The van der Waals surface area contributed by atoms with E-state index in [0.29, 0.717) is 19.0 Å². The van der Waals surface area contributed by atoms with Gasteiger partial charge in [-0.15, -0.1) is 0 Å². The summed E-state index contributed by atoms with van der Waals surface area (Å²) in [5.74, 6) is 0.0560. The van der Waals surface area contributed by atoms with E-state index in [1.54, 1.807) is 0 Å². The van der Waals surface area contributed by atoms with E-state index >= 15 is 0 Å². The maximum Gasteiger partial charge on any atom is 0.316 e. The molecule has 0 aliphatic rings. The molecular weight excluding hydrogens is 308 g/mol. The second-order valence-corrected chi connectivity index (χ2v) is 8.40. The zero-order valence-electron chi connectivity index (χ0n) is 13.8. The largest absolute Gasteiger partial charge is 0.463 e. The first-order valence-electron chi connectivity index (χ1n) is 7.10. The van der Waals surface area contributed by atoms with E-state index < -0.39 is 9.04 Å². The predicted octanol–water partition coefficient (Wildman–Crippen LogP) is 0.205. The first kappa shape index (κ1) is 20.4. The molecule has 0 saturated heterocycles. The molecule has 0 radical (unpaired) electrons. The molecule has 1 unspecified atom stereocenters. The van der Waals surface area contributed by atoms with Crippen molar-refractivity contribution in [2.45, 2.75) is 19.0 Å². The number of hydrogen-bond donors (Lipinski definition) is 1. The number of amidine groups is 1. The first-order valence-corrected chi connectivity index (χ1v) is 10.6. The highest BCUT2D eigenvalue weighted by molar-refractivity contribution is 8.14. The van der Waals surface area contributed by atoms with E-state index in [2.05, 4.69) is 0 Å². The van der Waals surface area contributed by atoms with E-state index in [1.165, 1.54) is 11.8 Å². The van der Waals surface area contributed by atoms with Gasteiger partial charge in [-0.1, -0.05) is 0 Å². The molecule has 0 aromatic carbocycles. The maximum absolute atomic E-state index is 11.6. The van der Waals surface area contributed by atoms with Crippen molar-refractivity contribution < 1.29 is 23.6 Å². The lowest BCUT2D eigenvalue weighted by molar-refractivity contribution is -0.466. The molecule has 0 rings (SSSR count). The van der Waals surface area contributed by atoms with Crippen molar-refractivity contribution in [2.75, 3.05) is 53.8 Å². The van der Waals surface area contributed by atoms with Gasteiger partial charge in [-0.05, 0) is 30.8 Å². The highest BCUT2D eigenvalue weighted by atomic mass is 32.2. The lowest BCUT2D eigenvalue weighted by Gasteiger charge is -2.10. The molecule has 0 fully saturated rings. The van der Waals surface area contributed by atoms with Crippen molar-refractivity contribution in [2.24, 2.45) is 0 Å². The first-order chi connectivity index (χ1) is 9.84. The Labute approximate surface area is 133 Å². The van der Waals surface area contributed by atoms with Gasteiger partial charge in [0.25, 0.3) is 0 Å². The number of carbonyl (C=O) groups is 1. The molecule has 124 valence electrons. The summed E-state index contributed by atoms with van der Waals surface area (Å²) in [5, 5.41) is 1.01. The number of ether oxygens (including phenoxy) is 2. The summed E-state index contributed by atoms with van der Waals surface area (Å²) < 4.78 is 12.4. The standard InChI is InChI=1S/C13H29N2O4SSi/c1-14(2)13(15(3)4)20-11-12(16)19-9-8-18-7-6-10-21(5)17/h17,21H,6-11H2,1-5H3/q+1. The molecule has 0 amide bonds. The number of hydrogen-bond acceptors (Lipinski definition) is 5. The minimum absolute atomic E-state index is 0.235. The van der Waals surface area contributed by atoms with Gasteiger partial charge in [-0.25, -0.2) is 0 Å². The van der Waals surface area contributed by atoms with Gasteiger partial charge >= 0.3 is 11.1 Å². The van der Waals surface area contributed by atoms with Crippen LogP contribution in [-0.4, -0.2) is 88.2 Å². The maximum atomic E-state index is 11.6. The molecule has 0 aromatic heterocycles. The Balaban J connectivity index is 3.66. The van der Waals surface area contributed by atoms with Crippen molar-refractivity contribution in [3.8, 4) is 0 Å². The minimum atomic E-state index is -1.46. The second kappa shape index (κ2) is 12.0. The molecule has 0 spiro atoms. The molecule has 6 nitrogen and oxygen atoms in total. The third kappa shape index (κ3) is 11.7. The Kier molecular flexibility index (Phi) is 11.7. The molecule has 0 saturated carbocycles. The van der Waals surface area contributed by atoms with Gasteiger partial charge in [0.15, 0.2) is 9.04 Å². The normalized spacial score (nSPS) is 11.9. The summed E-state index contributed by atoms with van der Waals surface area (Å²) in [6, 6.07) is 0.865. The van der Waals surface area contributed by atoms with Gasteiger partial charge in [0.1, 0.15) is 12.4 Å². The Morgan fingerprint density at radius 3 is 2.48 bits per heavy atom. The monoisotopic (exact) mass is 337 g/mol. The second-order valence-electron chi connectivity index (χ2n) is 5.18. The number of esters is 1. The van der Waals surface area contributed by atoms with Crippen molar-refractivity contribution >= 4 is 31.9 Å².